The van der Waals surface area contributed by atoms with Crippen LogP contribution in [0.4, 0.5) is 0 Å². The van der Waals surface area contributed by atoms with E-state index in [2.05, 4.69) is 27.7 Å². The normalized spacial score (nSPS) is 12.1. The minimum absolute atomic E-state index is 0.205. The fraction of sp³-hybridized carbons (Fsp3) is 0.889. The third-order valence-electron chi connectivity index (χ3n) is 1.71. The predicted octanol–water partition coefficient (Wildman–Crippen LogP) is 3.04. The highest BCUT2D eigenvalue weighted by atomic mass is 32.2. The van der Waals surface area contributed by atoms with Crippen molar-refractivity contribution < 1.29 is 4.79 Å². The first-order valence-electron chi connectivity index (χ1n) is 4.37. The maximum absolute atomic E-state index is 11.0. The molecule has 0 amide bonds. The van der Waals surface area contributed by atoms with Crippen molar-refractivity contribution in [3.8, 4) is 0 Å². The third kappa shape index (κ3) is 3.02. The zero-order chi connectivity index (χ0) is 9.61. The highest BCUT2D eigenvalue weighted by Crippen LogP contribution is 2.41. The SMILES string of the molecule is CCSC(C=O)(SCC)C(C)C. The van der Waals surface area contributed by atoms with Gasteiger partial charge >= 0.3 is 0 Å². The van der Waals surface area contributed by atoms with Crippen molar-refractivity contribution in [1.29, 1.82) is 0 Å². The average molecular weight is 206 g/mol. The lowest BCUT2D eigenvalue weighted by Crippen LogP contribution is -2.29. The summed E-state index contributed by atoms with van der Waals surface area (Å²) in [7, 11) is 0. The van der Waals surface area contributed by atoms with Gasteiger partial charge < -0.3 is 4.79 Å². The minimum Gasteiger partial charge on any atom is -0.301 e. The second-order valence-corrected chi connectivity index (χ2v) is 6.20. The molecule has 1 nitrogen and oxygen atoms in total. The van der Waals surface area contributed by atoms with Crippen LogP contribution in [0.1, 0.15) is 27.7 Å². The molecule has 0 spiro atoms. The molecule has 12 heavy (non-hydrogen) atoms. The van der Waals surface area contributed by atoms with Gasteiger partial charge in [0, 0.05) is 0 Å². The van der Waals surface area contributed by atoms with Gasteiger partial charge in [0.05, 0.1) is 0 Å². The zero-order valence-electron chi connectivity index (χ0n) is 8.29. The number of carbonyl (C=O) groups is 1. The number of thioether (sulfide) groups is 2. The van der Waals surface area contributed by atoms with E-state index in [1.165, 1.54) is 0 Å². The first-order chi connectivity index (χ1) is 5.63. The summed E-state index contributed by atoms with van der Waals surface area (Å²) in [4.78, 5) is 11.0. The molecular formula is C9H18OS2. The second-order valence-electron chi connectivity index (χ2n) is 2.86. The summed E-state index contributed by atoms with van der Waals surface area (Å²) in [5, 5.41) is 0. The lowest BCUT2D eigenvalue weighted by Gasteiger charge is -2.30. The van der Waals surface area contributed by atoms with Crippen molar-refractivity contribution in [2.24, 2.45) is 5.92 Å². The van der Waals surface area contributed by atoms with Crippen molar-refractivity contribution in [3.63, 3.8) is 0 Å². The Labute approximate surface area is 84.1 Å². The molecule has 0 saturated carbocycles. The summed E-state index contributed by atoms with van der Waals surface area (Å²) in [6, 6.07) is 0. The van der Waals surface area contributed by atoms with Crippen LogP contribution in [0.5, 0.6) is 0 Å². The van der Waals surface area contributed by atoms with E-state index in [9.17, 15) is 4.79 Å². The fourth-order valence-electron chi connectivity index (χ4n) is 1.03. The average Bonchev–Trinajstić information content (AvgIpc) is 2.03. The van der Waals surface area contributed by atoms with Crippen LogP contribution in [-0.4, -0.2) is 21.9 Å². The van der Waals surface area contributed by atoms with Gasteiger partial charge in [-0.05, 0) is 17.4 Å². The van der Waals surface area contributed by atoms with Crippen molar-refractivity contribution in [2.75, 3.05) is 11.5 Å². The van der Waals surface area contributed by atoms with Crippen LogP contribution in [0.2, 0.25) is 0 Å². The molecule has 0 N–H and O–H groups in total. The largest absolute Gasteiger partial charge is 0.301 e. The number of hydrogen-bond donors (Lipinski definition) is 0. The van der Waals surface area contributed by atoms with E-state index < -0.39 is 0 Å². The summed E-state index contributed by atoms with van der Waals surface area (Å²) in [6.07, 6.45) is 1.11. The first-order valence-corrected chi connectivity index (χ1v) is 6.34. The highest BCUT2D eigenvalue weighted by molar-refractivity contribution is 8.19. The zero-order valence-corrected chi connectivity index (χ0v) is 9.93. The van der Waals surface area contributed by atoms with Gasteiger partial charge in [-0.1, -0.05) is 27.7 Å². The van der Waals surface area contributed by atoms with Gasteiger partial charge in [0.1, 0.15) is 10.4 Å². The molecule has 0 heterocycles. The summed E-state index contributed by atoms with van der Waals surface area (Å²) in [6.45, 7) is 8.42. The Bertz CT molecular complexity index is 128. The third-order valence-corrected chi connectivity index (χ3v) is 5.03. The standard InChI is InChI=1S/C9H18OS2/c1-5-11-9(7-10,8(3)4)12-6-2/h7-8H,5-6H2,1-4H3. The van der Waals surface area contributed by atoms with Crippen LogP contribution in [-0.2, 0) is 4.79 Å². The first kappa shape index (κ1) is 12.4. The molecule has 0 bridgehead atoms. The number of hydrogen-bond acceptors (Lipinski definition) is 3. The van der Waals surface area contributed by atoms with Crippen molar-refractivity contribution in [3.05, 3.63) is 0 Å². The van der Waals surface area contributed by atoms with Crippen LogP contribution < -0.4 is 0 Å². The van der Waals surface area contributed by atoms with Crippen LogP contribution >= 0.6 is 23.5 Å². The van der Waals surface area contributed by atoms with Gasteiger partial charge in [-0.25, -0.2) is 0 Å². The summed E-state index contributed by atoms with van der Waals surface area (Å²) >= 11 is 3.50. The van der Waals surface area contributed by atoms with Crippen molar-refractivity contribution in [2.45, 2.75) is 31.8 Å². The smallest absolute Gasteiger partial charge is 0.146 e. The molecule has 0 saturated heterocycles. The van der Waals surface area contributed by atoms with Gasteiger partial charge in [-0.15, -0.1) is 23.5 Å². The van der Waals surface area contributed by atoms with E-state index in [0.717, 1.165) is 17.8 Å². The molecule has 3 heteroatoms. The molecule has 0 unspecified atom stereocenters. The Hall–Kier alpha value is 0.370. The van der Waals surface area contributed by atoms with Crippen molar-refractivity contribution >= 4 is 29.8 Å². The molecule has 0 fully saturated rings. The Kier molecular flexibility index (Phi) is 6.10. The lowest BCUT2D eigenvalue weighted by molar-refractivity contribution is -0.108. The molecule has 0 atom stereocenters. The quantitative estimate of drug-likeness (QED) is 0.491. The topological polar surface area (TPSA) is 17.1 Å². The summed E-state index contributed by atoms with van der Waals surface area (Å²) in [5.74, 6) is 2.42. The van der Waals surface area contributed by atoms with Crippen LogP contribution in [0.3, 0.4) is 0 Å². The number of aldehydes is 1. The van der Waals surface area contributed by atoms with E-state index in [-0.39, 0.29) is 4.08 Å². The van der Waals surface area contributed by atoms with Crippen LogP contribution in [0.25, 0.3) is 0 Å². The van der Waals surface area contributed by atoms with Gasteiger partial charge in [-0.2, -0.15) is 0 Å². The molecule has 72 valence electrons. The van der Waals surface area contributed by atoms with Gasteiger partial charge in [0.25, 0.3) is 0 Å². The molecule has 0 aromatic rings. The number of rotatable bonds is 6. The Morgan fingerprint density at radius 1 is 1.25 bits per heavy atom. The van der Waals surface area contributed by atoms with Crippen LogP contribution in [0, 0.1) is 5.92 Å². The molecule has 0 aliphatic rings. The predicted molar refractivity (Wildman–Crippen MR) is 59.9 cm³/mol. The molecule has 0 aliphatic carbocycles. The van der Waals surface area contributed by atoms with Gasteiger partial charge in [0.15, 0.2) is 0 Å². The fourth-order valence-corrected chi connectivity index (χ4v) is 3.78. The molecule has 0 aromatic carbocycles. The van der Waals surface area contributed by atoms with E-state index >= 15 is 0 Å². The highest BCUT2D eigenvalue weighted by Gasteiger charge is 2.33. The molecule has 0 radical (unpaired) electrons. The Balaban J connectivity index is 4.38. The van der Waals surface area contributed by atoms with Crippen LogP contribution in [0.15, 0.2) is 0 Å². The van der Waals surface area contributed by atoms with Gasteiger partial charge in [0.2, 0.25) is 0 Å². The second kappa shape index (κ2) is 5.92. The lowest BCUT2D eigenvalue weighted by atomic mass is 10.1. The Morgan fingerprint density at radius 2 is 1.67 bits per heavy atom. The maximum Gasteiger partial charge on any atom is 0.146 e. The monoisotopic (exact) mass is 206 g/mol. The molecule has 0 aliphatic heterocycles. The maximum atomic E-state index is 11.0. The molecule has 0 rings (SSSR count). The van der Waals surface area contributed by atoms with Crippen molar-refractivity contribution in [1.82, 2.24) is 0 Å². The van der Waals surface area contributed by atoms with Gasteiger partial charge in [-0.3, -0.25) is 0 Å². The van der Waals surface area contributed by atoms with E-state index in [4.69, 9.17) is 0 Å². The summed E-state index contributed by atoms with van der Waals surface area (Å²) < 4.78 is -0.205. The van der Waals surface area contributed by atoms with E-state index in [1.807, 2.05) is 0 Å². The van der Waals surface area contributed by atoms with E-state index in [1.54, 1.807) is 23.5 Å². The minimum atomic E-state index is -0.205. The summed E-state index contributed by atoms with van der Waals surface area (Å²) in [5.41, 5.74) is 0. The van der Waals surface area contributed by atoms with E-state index in [0.29, 0.717) is 5.92 Å². The number of carbonyl (C=O) groups excluding carboxylic acids is 1. The Morgan fingerprint density at radius 3 is 1.83 bits per heavy atom. The molecule has 0 aromatic heterocycles. The molecular weight excluding hydrogens is 188 g/mol.